The van der Waals surface area contributed by atoms with Gasteiger partial charge in [0.2, 0.25) is 0 Å². The highest BCUT2D eigenvalue weighted by Crippen LogP contribution is 2.33. The Balaban J connectivity index is 2.23. The minimum absolute atomic E-state index is 0.0793. The number of carbonyl (C=O) groups is 1. The van der Waals surface area contributed by atoms with Gasteiger partial charge in [0.05, 0.1) is 7.11 Å². The molecule has 0 aromatic heterocycles. The molecule has 0 atom stereocenters. The maximum atomic E-state index is 13.5. The van der Waals surface area contributed by atoms with E-state index in [4.69, 9.17) is 9.47 Å². The van der Waals surface area contributed by atoms with E-state index in [1.165, 1.54) is 13.2 Å². The molecule has 2 aromatic rings. The second-order valence-corrected chi connectivity index (χ2v) is 4.88. The lowest BCUT2D eigenvalue weighted by Gasteiger charge is -2.12. The van der Waals surface area contributed by atoms with Gasteiger partial charge in [-0.05, 0) is 34.1 Å². The smallest absolute Gasteiger partial charge is 0.162 e. The molecular formula is C15H12BrFO3. The van der Waals surface area contributed by atoms with E-state index in [0.29, 0.717) is 33.4 Å². The highest BCUT2D eigenvalue weighted by Gasteiger charge is 2.11. The molecule has 5 heteroatoms. The third kappa shape index (κ3) is 3.17. The van der Waals surface area contributed by atoms with Crippen LogP contribution in [0, 0.1) is 5.82 Å². The number of methoxy groups -OCH3 is 1. The summed E-state index contributed by atoms with van der Waals surface area (Å²) < 4.78 is 24.8. The molecule has 2 rings (SSSR count). The van der Waals surface area contributed by atoms with Crippen molar-refractivity contribution < 1.29 is 18.7 Å². The van der Waals surface area contributed by atoms with Gasteiger partial charge in [0.25, 0.3) is 0 Å². The number of hydrogen-bond acceptors (Lipinski definition) is 3. The number of benzene rings is 2. The van der Waals surface area contributed by atoms with Gasteiger partial charge in [0.1, 0.15) is 12.4 Å². The number of ether oxygens (including phenoxy) is 2. The Labute approximate surface area is 124 Å². The second-order valence-electron chi connectivity index (χ2n) is 4.02. The standard InChI is InChI=1S/C15H12BrFO3/c1-19-14-6-11(8-18)12(16)7-15(14)20-9-10-4-2-3-5-13(10)17/h2-8H,9H2,1H3. The monoisotopic (exact) mass is 338 g/mol. The summed E-state index contributed by atoms with van der Waals surface area (Å²) in [5, 5.41) is 0. The summed E-state index contributed by atoms with van der Waals surface area (Å²) in [7, 11) is 1.48. The van der Waals surface area contributed by atoms with Crippen LogP contribution in [-0.2, 0) is 6.61 Å². The molecule has 3 nitrogen and oxygen atoms in total. The van der Waals surface area contributed by atoms with Gasteiger partial charge >= 0.3 is 0 Å². The topological polar surface area (TPSA) is 35.5 Å². The summed E-state index contributed by atoms with van der Waals surface area (Å²) in [5.74, 6) is 0.537. The first kappa shape index (κ1) is 14.5. The molecule has 0 saturated carbocycles. The first-order chi connectivity index (χ1) is 9.65. The van der Waals surface area contributed by atoms with Crippen molar-refractivity contribution in [1.29, 1.82) is 0 Å². The van der Waals surface area contributed by atoms with Crippen LogP contribution in [0.3, 0.4) is 0 Å². The Bertz CT molecular complexity index is 629. The van der Waals surface area contributed by atoms with E-state index in [-0.39, 0.29) is 12.4 Å². The average Bonchev–Trinajstić information content (AvgIpc) is 2.46. The SMILES string of the molecule is COc1cc(C=O)c(Br)cc1OCc1ccccc1F. The van der Waals surface area contributed by atoms with Gasteiger partial charge in [-0.3, -0.25) is 4.79 Å². The van der Waals surface area contributed by atoms with E-state index in [1.54, 1.807) is 30.3 Å². The molecule has 0 aliphatic carbocycles. The molecule has 0 N–H and O–H groups in total. The fraction of sp³-hybridized carbons (Fsp3) is 0.133. The van der Waals surface area contributed by atoms with Crippen LogP contribution in [0.25, 0.3) is 0 Å². The minimum atomic E-state index is -0.324. The lowest BCUT2D eigenvalue weighted by Crippen LogP contribution is -2.00. The van der Waals surface area contributed by atoms with Crippen LogP contribution in [0.1, 0.15) is 15.9 Å². The number of halogens is 2. The minimum Gasteiger partial charge on any atom is -0.493 e. The largest absolute Gasteiger partial charge is 0.493 e. The maximum absolute atomic E-state index is 13.5. The Morgan fingerprint density at radius 3 is 2.65 bits per heavy atom. The lowest BCUT2D eigenvalue weighted by atomic mass is 10.2. The highest BCUT2D eigenvalue weighted by atomic mass is 79.9. The van der Waals surface area contributed by atoms with Crippen LogP contribution in [-0.4, -0.2) is 13.4 Å². The Morgan fingerprint density at radius 2 is 2.00 bits per heavy atom. The van der Waals surface area contributed by atoms with Gasteiger partial charge in [-0.2, -0.15) is 0 Å². The molecule has 0 fully saturated rings. The molecule has 0 amide bonds. The summed E-state index contributed by atoms with van der Waals surface area (Å²) in [6.45, 7) is 0.0793. The molecule has 20 heavy (non-hydrogen) atoms. The van der Waals surface area contributed by atoms with Crippen molar-refractivity contribution in [3.8, 4) is 11.5 Å². The fourth-order valence-corrected chi connectivity index (χ4v) is 2.10. The summed E-state index contributed by atoms with van der Waals surface area (Å²) in [4.78, 5) is 10.9. The van der Waals surface area contributed by atoms with Crippen molar-refractivity contribution in [3.63, 3.8) is 0 Å². The van der Waals surface area contributed by atoms with Crippen LogP contribution in [0.5, 0.6) is 11.5 Å². The van der Waals surface area contributed by atoms with E-state index in [2.05, 4.69) is 15.9 Å². The zero-order valence-electron chi connectivity index (χ0n) is 10.7. The first-order valence-corrected chi connectivity index (χ1v) is 6.64. The van der Waals surface area contributed by atoms with Gasteiger partial charge in [-0.15, -0.1) is 0 Å². The molecule has 0 spiro atoms. The first-order valence-electron chi connectivity index (χ1n) is 5.84. The van der Waals surface area contributed by atoms with E-state index in [1.807, 2.05) is 0 Å². The normalized spacial score (nSPS) is 10.2. The van der Waals surface area contributed by atoms with Crippen LogP contribution < -0.4 is 9.47 Å². The summed E-state index contributed by atoms with van der Waals surface area (Å²) in [6.07, 6.45) is 0.716. The van der Waals surface area contributed by atoms with E-state index >= 15 is 0 Å². The number of rotatable bonds is 5. The molecule has 0 radical (unpaired) electrons. The van der Waals surface area contributed by atoms with Gasteiger partial charge in [0, 0.05) is 15.6 Å². The maximum Gasteiger partial charge on any atom is 0.162 e. The summed E-state index contributed by atoms with van der Waals surface area (Å²) >= 11 is 3.27. The van der Waals surface area contributed by atoms with Crippen LogP contribution in [0.4, 0.5) is 4.39 Å². The van der Waals surface area contributed by atoms with Crippen LogP contribution >= 0.6 is 15.9 Å². The van der Waals surface area contributed by atoms with Crippen LogP contribution in [0.15, 0.2) is 40.9 Å². The summed E-state index contributed by atoms with van der Waals surface area (Å²) in [6, 6.07) is 9.58. The fourth-order valence-electron chi connectivity index (χ4n) is 1.68. The Kier molecular flexibility index (Phi) is 4.74. The summed E-state index contributed by atoms with van der Waals surface area (Å²) in [5.41, 5.74) is 0.908. The van der Waals surface area contributed by atoms with Crippen molar-refractivity contribution >= 4 is 22.2 Å². The Hall–Kier alpha value is -1.88. The Morgan fingerprint density at radius 1 is 1.25 bits per heavy atom. The molecular weight excluding hydrogens is 327 g/mol. The van der Waals surface area contributed by atoms with Crippen molar-refractivity contribution in [3.05, 3.63) is 57.8 Å². The van der Waals surface area contributed by atoms with E-state index in [0.717, 1.165) is 0 Å². The molecule has 2 aromatic carbocycles. The third-order valence-electron chi connectivity index (χ3n) is 2.75. The molecule has 0 bridgehead atoms. The average molecular weight is 339 g/mol. The van der Waals surface area contributed by atoms with Crippen molar-refractivity contribution in [1.82, 2.24) is 0 Å². The molecule has 0 aliphatic heterocycles. The number of hydrogen-bond donors (Lipinski definition) is 0. The predicted molar refractivity (Wildman–Crippen MR) is 76.8 cm³/mol. The lowest BCUT2D eigenvalue weighted by molar-refractivity contribution is 0.112. The van der Waals surface area contributed by atoms with Gasteiger partial charge < -0.3 is 9.47 Å². The van der Waals surface area contributed by atoms with Gasteiger partial charge in [-0.25, -0.2) is 4.39 Å². The molecule has 0 aliphatic rings. The molecule has 104 valence electrons. The zero-order valence-corrected chi connectivity index (χ0v) is 12.3. The van der Waals surface area contributed by atoms with Gasteiger partial charge in [-0.1, -0.05) is 18.2 Å². The molecule has 0 saturated heterocycles. The predicted octanol–water partition coefficient (Wildman–Crippen LogP) is 3.99. The highest BCUT2D eigenvalue weighted by molar-refractivity contribution is 9.10. The van der Waals surface area contributed by atoms with Crippen LogP contribution in [0.2, 0.25) is 0 Å². The van der Waals surface area contributed by atoms with Crippen molar-refractivity contribution in [2.24, 2.45) is 0 Å². The van der Waals surface area contributed by atoms with E-state index in [9.17, 15) is 9.18 Å². The zero-order chi connectivity index (χ0) is 14.5. The third-order valence-corrected chi connectivity index (χ3v) is 3.44. The second kappa shape index (κ2) is 6.52. The van der Waals surface area contributed by atoms with Crippen molar-refractivity contribution in [2.75, 3.05) is 7.11 Å². The van der Waals surface area contributed by atoms with E-state index < -0.39 is 0 Å². The van der Waals surface area contributed by atoms with Crippen molar-refractivity contribution in [2.45, 2.75) is 6.61 Å². The number of carbonyl (C=O) groups excluding carboxylic acids is 1. The molecule has 0 unspecified atom stereocenters. The van der Waals surface area contributed by atoms with Gasteiger partial charge in [0.15, 0.2) is 17.8 Å². The quantitative estimate of drug-likeness (QED) is 0.773. The number of aldehydes is 1. The molecule has 0 heterocycles.